The van der Waals surface area contributed by atoms with Crippen molar-refractivity contribution in [1.82, 2.24) is 10.6 Å². The van der Waals surface area contributed by atoms with Crippen LogP contribution in [0.5, 0.6) is 0 Å². The van der Waals surface area contributed by atoms with Crippen LogP contribution in [0.15, 0.2) is 30.3 Å². The van der Waals surface area contributed by atoms with Crippen molar-refractivity contribution in [3.8, 4) is 0 Å². The van der Waals surface area contributed by atoms with E-state index in [-0.39, 0.29) is 5.91 Å². The van der Waals surface area contributed by atoms with Gasteiger partial charge < -0.3 is 15.4 Å². The summed E-state index contributed by atoms with van der Waals surface area (Å²) in [5.41, 5.74) is 0.293. The average Bonchev–Trinajstić information content (AvgIpc) is 2.55. The highest BCUT2D eigenvalue weighted by Crippen LogP contribution is 2.23. The fourth-order valence-corrected chi connectivity index (χ4v) is 2.49. The van der Waals surface area contributed by atoms with Crippen molar-refractivity contribution in [3.05, 3.63) is 35.9 Å². The summed E-state index contributed by atoms with van der Waals surface area (Å²) >= 11 is 0. The zero-order valence-corrected chi connectivity index (χ0v) is 16.1. The molecule has 5 heteroatoms. The zero-order chi connectivity index (χ0) is 18.9. The minimum Gasteiger partial charge on any atom is -0.444 e. The summed E-state index contributed by atoms with van der Waals surface area (Å²) in [4.78, 5) is 24.7. The van der Waals surface area contributed by atoms with Crippen LogP contribution in [0.4, 0.5) is 4.79 Å². The largest absolute Gasteiger partial charge is 0.444 e. The highest BCUT2D eigenvalue weighted by molar-refractivity contribution is 5.80. The van der Waals surface area contributed by atoms with Crippen LogP contribution in [0.3, 0.4) is 0 Å². The summed E-state index contributed by atoms with van der Waals surface area (Å²) in [6, 6.07) is 9.06. The smallest absolute Gasteiger partial charge is 0.408 e. The Morgan fingerprint density at radius 3 is 2.32 bits per heavy atom. The first-order valence-electron chi connectivity index (χ1n) is 9.06. The lowest BCUT2D eigenvalue weighted by Crippen LogP contribution is -2.42. The topological polar surface area (TPSA) is 67.4 Å². The van der Waals surface area contributed by atoms with Crippen LogP contribution >= 0.6 is 0 Å². The van der Waals surface area contributed by atoms with Crippen LogP contribution in [0.25, 0.3) is 0 Å². The molecule has 1 aromatic carbocycles. The Kier molecular flexibility index (Phi) is 8.46. The summed E-state index contributed by atoms with van der Waals surface area (Å²) < 4.78 is 5.35. The molecule has 0 bridgehead atoms. The van der Waals surface area contributed by atoms with E-state index in [1.807, 2.05) is 58.0 Å². The lowest BCUT2D eigenvalue weighted by Gasteiger charge is -2.27. The molecule has 0 heterocycles. The van der Waals surface area contributed by atoms with E-state index in [1.165, 1.54) is 0 Å². The third-order valence-electron chi connectivity index (χ3n) is 3.82. The maximum atomic E-state index is 12.5. The summed E-state index contributed by atoms with van der Waals surface area (Å²) in [5.74, 6) is -0.474. The lowest BCUT2D eigenvalue weighted by atomic mass is 9.93. The van der Waals surface area contributed by atoms with E-state index in [4.69, 9.17) is 4.74 Å². The maximum absolute atomic E-state index is 12.5. The Bertz CT molecular complexity index is 538. The van der Waals surface area contributed by atoms with Crippen molar-refractivity contribution in [2.45, 2.75) is 65.5 Å². The maximum Gasteiger partial charge on any atom is 0.408 e. The standard InChI is InChI=1S/C20H32N2O3/c1-6-7-11-14-21-18(23)15(2)17(16-12-9-8-10-13-16)22-19(24)25-20(3,4)5/h8-10,12-13,15,17H,6-7,11,14H2,1-5H3,(H,21,23)(H,22,24)/t15-,17+/m0/s1. The summed E-state index contributed by atoms with van der Waals surface area (Å²) in [5, 5.41) is 5.81. The second-order valence-electron chi connectivity index (χ2n) is 7.32. The first-order valence-corrected chi connectivity index (χ1v) is 9.06. The zero-order valence-electron chi connectivity index (χ0n) is 16.1. The molecule has 0 aliphatic rings. The Labute approximate surface area is 151 Å². The number of benzene rings is 1. The number of unbranched alkanes of at least 4 members (excludes halogenated alkanes) is 2. The van der Waals surface area contributed by atoms with Crippen molar-refractivity contribution in [2.75, 3.05) is 6.54 Å². The van der Waals surface area contributed by atoms with Crippen LogP contribution in [-0.2, 0) is 9.53 Å². The quantitative estimate of drug-likeness (QED) is 0.692. The molecule has 140 valence electrons. The van der Waals surface area contributed by atoms with E-state index in [9.17, 15) is 9.59 Å². The molecular weight excluding hydrogens is 316 g/mol. The van der Waals surface area contributed by atoms with Gasteiger partial charge >= 0.3 is 6.09 Å². The monoisotopic (exact) mass is 348 g/mol. The third-order valence-corrected chi connectivity index (χ3v) is 3.82. The van der Waals surface area contributed by atoms with E-state index < -0.39 is 23.7 Å². The summed E-state index contributed by atoms with van der Waals surface area (Å²) in [6.07, 6.45) is 2.64. The first-order chi connectivity index (χ1) is 11.7. The number of amides is 2. The fourth-order valence-electron chi connectivity index (χ4n) is 2.49. The SMILES string of the molecule is CCCCCNC(=O)[C@@H](C)[C@@H](NC(=O)OC(C)(C)C)c1ccccc1. The van der Waals surface area contributed by atoms with Gasteiger partial charge in [-0.1, -0.05) is 57.0 Å². The van der Waals surface area contributed by atoms with Gasteiger partial charge in [0, 0.05) is 6.54 Å². The molecule has 0 saturated heterocycles. The second kappa shape index (κ2) is 10.1. The van der Waals surface area contributed by atoms with E-state index in [2.05, 4.69) is 17.6 Å². The lowest BCUT2D eigenvalue weighted by molar-refractivity contribution is -0.125. The normalized spacial score (nSPS) is 13.6. The van der Waals surface area contributed by atoms with Gasteiger partial charge in [-0.2, -0.15) is 0 Å². The minimum atomic E-state index is -0.586. The molecule has 1 aromatic rings. The van der Waals surface area contributed by atoms with Crippen molar-refractivity contribution < 1.29 is 14.3 Å². The van der Waals surface area contributed by atoms with Gasteiger partial charge in [-0.15, -0.1) is 0 Å². The van der Waals surface area contributed by atoms with Crippen molar-refractivity contribution in [3.63, 3.8) is 0 Å². The van der Waals surface area contributed by atoms with Gasteiger partial charge in [-0.25, -0.2) is 4.79 Å². The van der Waals surface area contributed by atoms with Crippen LogP contribution in [-0.4, -0.2) is 24.1 Å². The Morgan fingerprint density at radius 2 is 1.76 bits per heavy atom. The van der Waals surface area contributed by atoms with Gasteiger partial charge in [0.2, 0.25) is 5.91 Å². The molecule has 25 heavy (non-hydrogen) atoms. The first kappa shape index (κ1) is 21.0. The molecule has 2 N–H and O–H groups in total. The molecule has 0 fully saturated rings. The molecule has 2 atom stereocenters. The van der Waals surface area contributed by atoms with Crippen molar-refractivity contribution in [1.29, 1.82) is 0 Å². The van der Waals surface area contributed by atoms with Gasteiger partial charge in [-0.3, -0.25) is 4.79 Å². The van der Waals surface area contributed by atoms with Crippen LogP contribution in [0, 0.1) is 5.92 Å². The van der Waals surface area contributed by atoms with Crippen LogP contribution < -0.4 is 10.6 Å². The van der Waals surface area contributed by atoms with E-state index in [0.29, 0.717) is 6.54 Å². The van der Waals surface area contributed by atoms with Gasteiger partial charge in [0.05, 0.1) is 12.0 Å². The van der Waals surface area contributed by atoms with Gasteiger partial charge in [0.1, 0.15) is 5.60 Å². The van der Waals surface area contributed by atoms with Gasteiger partial charge in [0.15, 0.2) is 0 Å². The highest BCUT2D eigenvalue weighted by atomic mass is 16.6. The average molecular weight is 348 g/mol. The number of alkyl carbamates (subject to hydrolysis) is 1. The molecule has 0 aliphatic heterocycles. The number of ether oxygens (including phenoxy) is 1. The Hall–Kier alpha value is -2.04. The number of rotatable bonds is 8. The molecule has 0 aliphatic carbocycles. The molecule has 5 nitrogen and oxygen atoms in total. The second-order valence-corrected chi connectivity index (χ2v) is 7.32. The highest BCUT2D eigenvalue weighted by Gasteiger charge is 2.28. The predicted octanol–water partition coefficient (Wildman–Crippen LogP) is 4.19. The molecule has 0 spiro atoms. The number of hydrogen-bond acceptors (Lipinski definition) is 3. The van der Waals surface area contributed by atoms with E-state index in [1.54, 1.807) is 0 Å². The molecule has 0 unspecified atom stereocenters. The minimum absolute atomic E-state index is 0.0685. The predicted molar refractivity (Wildman–Crippen MR) is 100 cm³/mol. The molecule has 0 radical (unpaired) electrons. The third kappa shape index (κ3) is 8.05. The number of carbonyl (C=O) groups is 2. The van der Waals surface area contributed by atoms with Crippen molar-refractivity contribution >= 4 is 12.0 Å². The molecule has 1 rings (SSSR count). The molecule has 2 amide bonds. The molecular formula is C20H32N2O3. The van der Waals surface area contributed by atoms with Gasteiger partial charge in [-0.05, 0) is 32.8 Å². The van der Waals surface area contributed by atoms with Crippen LogP contribution in [0.2, 0.25) is 0 Å². The number of hydrogen-bond donors (Lipinski definition) is 2. The number of nitrogens with one attached hydrogen (secondary N) is 2. The van der Waals surface area contributed by atoms with Crippen LogP contribution in [0.1, 0.15) is 65.5 Å². The van der Waals surface area contributed by atoms with Crippen molar-refractivity contribution in [2.24, 2.45) is 5.92 Å². The Morgan fingerprint density at radius 1 is 1.12 bits per heavy atom. The summed E-state index contributed by atoms with van der Waals surface area (Å²) in [7, 11) is 0. The van der Waals surface area contributed by atoms with Gasteiger partial charge in [0.25, 0.3) is 0 Å². The van der Waals surface area contributed by atoms with E-state index >= 15 is 0 Å². The molecule has 0 aromatic heterocycles. The Balaban J connectivity index is 2.80. The number of carbonyl (C=O) groups excluding carboxylic acids is 2. The summed E-state index contributed by atoms with van der Waals surface area (Å²) in [6.45, 7) is 10.0. The molecule has 0 saturated carbocycles. The van der Waals surface area contributed by atoms with E-state index in [0.717, 1.165) is 24.8 Å². The fraction of sp³-hybridized carbons (Fsp3) is 0.600.